The van der Waals surface area contributed by atoms with Crippen LogP contribution in [0.2, 0.25) is 5.02 Å². The number of benzene rings is 1. The molecule has 0 amide bonds. The van der Waals surface area contributed by atoms with Crippen molar-refractivity contribution in [1.29, 1.82) is 0 Å². The van der Waals surface area contributed by atoms with E-state index in [0.717, 1.165) is 31.4 Å². The van der Waals surface area contributed by atoms with Crippen molar-refractivity contribution in [3.05, 3.63) is 33.6 Å². The number of piperidine rings is 1. The van der Waals surface area contributed by atoms with Gasteiger partial charge in [-0.15, -0.1) is 0 Å². The van der Waals surface area contributed by atoms with Gasteiger partial charge < -0.3 is 9.88 Å². The van der Waals surface area contributed by atoms with Gasteiger partial charge in [0.25, 0.3) is 5.56 Å². The van der Waals surface area contributed by atoms with Gasteiger partial charge in [-0.3, -0.25) is 4.79 Å². The van der Waals surface area contributed by atoms with Crippen LogP contribution in [0.25, 0.3) is 11.0 Å². The number of halogens is 1. The minimum atomic E-state index is -0.133. The van der Waals surface area contributed by atoms with Crippen molar-refractivity contribution in [2.75, 3.05) is 18.0 Å². The molecule has 0 spiro atoms. The molecule has 1 saturated heterocycles. The van der Waals surface area contributed by atoms with Gasteiger partial charge in [0, 0.05) is 18.1 Å². The lowest BCUT2D eigenvalue weighted by molar-refractivity contribution is 0.572. The van der Waals surface area contributed by atoms with Gasteiger partial charge in [0.1, 0.15) is 0 Å². The van der Waals surface area contributed by atoms with Gasteiger partial charge in [-0.2, -0.15) is 0 Å². The molecule has 1 fully saturated rings. The normalized spacial score (nSPS) is 16.2. The molecule has 0 radical (unpaired) electrons. The molecule has 2 aromatic rings. The van der Waals surface area contributed by atoms with Crippen LogP contribution < -0.4 is 10.5 Å². The van der Waals surface area contributed by atoms with Crippen LogP contribution in [0, 0.1) is 0 Å². The highest BCUT2D eigenvalue weighted by atomic mass is 35.5. The van der Waals surface area contributed by atoms with Gasteiger partial charge in [-0.1, -0.05) is 11.6 Å². The highest BCUT2D eigenvalue weighted by Gasteiger charge is 2.16. The first kappa shape index (κ1) is 11.5. The highest BCUT2D eigenvalue weighted by molar-refractivity contribution is 6.31. The van der Waals surface area contributed by atoms with Gasteiger partial charge in [-0.05, 0) is 37.5 Å². The zero-order valence-corrected chi connectivity index (χ0v) is 10.7. The number of aromatic nitrogens is 2. The molecule has 2 heterocycles. The molecule has 1 N–H and O–H groups in total. The fourth-order valence-electron chi connectivity index (χ4n) is 2.37. The van der Waals surface area contributed by atoms with Crippen LogP contribution in [0.4, 0.5) is 5.82 Å². The molecule has 94 valence electrons. The van der Waals surface area contributed by atoms with E-state index in [1.807, 2.05) is 6.07 Å². The van der Waals surface area contributed by atoms with E-state index in [2.05, 4.69) is 14.9 Å². The molecule has 1 aliphatic heterocycles. The number of hydrogen-bond acceptors (Lipinski definition) is 3. The fourth-order valence-corrected chi connectivity index (χ4v) is 2.54. The molecular weight excluding hydrogens is 250 g/mol. The van der Waals surface area contributed by atoms with Crippen molar-refractivity contribution in [3.8, 4) is 0 Å². The molecule has 5 heteroatoms. The van der Waals surface area contributed by atoms with Crippen LogP contribution in [0.3, 0.4) is 0 Å². The van der Waals surface area contributed by atoms with E-state index < -0.39 is 0 Å². The Morgan fingerprint density at radius 1 is 1.22 bits per heavy atom. The van der Waals surface area contributed by atoms with Crippen molar-refractivity contribution >= 4 is 28.5 Å². The van der Waals surface area contributed by atoms with Crippen molar-refractivity contribution < 1.29 is 0 Å². The largest absolute Gasteiger partial charge is 0.352 e. The third-order valence-corrected chi connectivity index (χ3v) is 3.53. The topological polar surface area (TPSA) is 49.0 Å². The Bertz CT molecular complexity index is 632. The highest BCUT2D eigenvalue weighted by Crippen LogP contribution is 2.18. The fraction of sp³-hybridized carbons (Fsp3) is 0.385. The monoisotopic (exact) mass is 263 g/mol. The van der Waals surface area contributed by atoms with E-state index in [0.29, 0.717) is 16.4 Å². The first-order valence-corrected chi connectivity index (χ1v) is 6.56. The second-order valence-electron chi connectivity index (χ2n) is 4.60. The minimum absolute atomic E-state index is 0.133. The average Bonchev–Trinajstić information content (AvgIpc) is 2.39. The molecule has 0 unspecified atom stereocenters. The summed E-state index contributed by atoms with van der Waals surface area (Å²) in [4.78, 5) is 21.4. The number of H-pyrrole nitrogens is 1. The Hall–Kier alpha value is -1.55. The molecule has 18 heavy (non-hydrogen) atoms. The SMILES string of the molecule is O=c1[nH]c2cc(Cl)ccc2nc1N1CCCCC1. The van der Waals surface area contributed by atoms with E-state index in [1.54, 1.807) is 12.1 Å². The molecule has 1 aromatic heterocycles. The Morgan fingerprint density at radius 2 is 2.00 bits per heavy atom. The quantitative estimate of drug-likeness (QED) is 0.860. The second kappa shape index (κ2) is 4.61. The first-order chi connectivity index (χ1) is 8.74. The van der Waals surface area contributed by atoms with E-state index in [1.165, 1.54) is 6.42 Å². The predicted octanol–water partition coefficient (Wildman–Crippen LogP) is 2.57. The summed E-state index contributed by atoms with van der Waals surface area (Å²) in [6.45, 7) is 1.82. The number of hydrogen-bond donors (Lipinski definition) is 1. The molecule has 0 bridgehead atoms. The summed E-state index contributed by atoms with van der Waals surface area (Å²) in [6, 6.07) is 5.35. The molecule has 1 aromatic carbocycles. The molecule has 0 saturated carbocycles. The van der Waals surface area contributed by atoms with Crippen molar-refractivity contribution in [2.24, 2.45) is 0 Å². The van der Waals surface area contributed by atoms with Gasteiger partial charge in [-0.25, -0.2) is 4.98 Å². The third kappa shape index (κ3) is 2.08. The van der Waals surface area contributed by atoms with Crippen LogP contribution in [0.15, 0.2) is 23.0 Å². The minimum Gasteiger partial charge on any atom is -0.352 e. The summed E-state index contributed by atoms with van der Waals surface area (Å²) in [5.41, 5.74) is 1.33. The number of nitrogens with zero attached hydrogens (tertiary/aromatic N) is 2. The zero-order chi connectivity index (χ0) is 12.5. The lowest BCUT2D eigenvalue weighted by Crippen LogP contribution is -2.34. The molecule has 1 aliphatic rings. The van der Waals surface area contributed by atoms with Crippen molar-refractivity contribution in [3.63, 3.8) is 0 Å². The number of nitrogens with one attached hydrogen (secondary N) is 1. The number of rotatable bonds is 1. The maximum Gasteiger partial charge on any atom is 0.291 e. The van der Waals surface area contributed by atoms with Crippen molar-refractivity contribution in [1.82, 2.24) is 9.97 Å². The van der Waals surface area contributed by atoms with Crippen LogP contribution in [-0.4, -0.2) is 23.1 Å². The van der Waals surface area contributed by atoms with Gasteiger partial charge in [0.15, 0.2) is 5.82 Å². The summed E-state index contributed by atoms with van der Waals surface area (Å²) < 4.78 is 0. The van der Waals surface area contributed by atoms with Crippen molar-refractivity contribution in [2.45, 2.75) is 19.3 Å². The Kier molecular flexibility index (Phi) is 2.96. The standard InChI is InChI=1S/C13H14ClN3O/c14-9-4-5-10-11(8-9)16-13(18)12(15-10)17-6-2-1-3-7-17/h4-5,8H,1-3,6-7H2,(H,16,18). The lowest BCUT2D eigenvalue weighted by atomic mass is 10.1. The van der Waals surface area contributed by atoms with E-state index >= 15 is 0 Å². The Labute approximate surface area is 110 Å². The Morgan fingerprint density at radius 3 is 2.78 bits per heavy atom. The van der Waals surface area contributed by atoms with E-state index in [9.17, 15) is 4.79 Å². The Balaban J connectivity index is 2.09. The first-order valence-electron chi connectivity index (χ1n) is 6.18. The lowest BCUT2D eigenvalue weighted by Gasteiger charge is -2.26. The van der Waals surface area contributed by atoms with E-state index in [4.69, 9.17) is 11.6 Å². The van der Waals surface area contributed by atoms with Gasteiger partial charge in [0.2, 0.25) is 0 Å². The van der Waals surface area contributed by atoms with Crippen LogP contribution in [0.1, 0.15) is 19.3 Å². The maximum absolute atomic E-state index is 12.0. The van der Waals surface area contributed by atoms with Crippen LogP contribution in [0.5, 0.6) is 0 Å². The summed E-state index contributed by atoms with van der Waals surface area (Å²) in [7, 11) is 0. The van der Waals surface area contributed by atoms with Crippen LogP contribution in [-0.2, 0) is 0 Å². The van der Waals surface area contributed by atoms with Gasteiger partial charge in [0.05, 0.1) is 11.0 Å². The van der Waals surface area contributed by atoms with Gasteiger partial charge >= 0.3 is 0 Å². The maximum atomic E-state index is 12.0. The molecule has 0 aliphatic carbocycles. The molecule has 3 rings (SSSR count). The predicted molar refractivity (Wildman–Crippen MR) is 73.4 cm³/mol. The number of fused-ring (bicyclic) bond motifs is 1. The average molecular weight is 264 g/mol. The third-order valence-electron chi connectivity index (χ3n) is 3.29. The number of aromatic amines is 1. The number of anilines is 1. The van der Waals surface area contributed by atoms with E-state index in [-0.39, 0.29) is 5.56 Å². The zero-order valence-electron chi connectivity index (χ0n) is 9.95. The summed E-state index contributed by atoms with van der Waals surface area (Å²) in [6.07, 6.45) is 3.48. The summed E-state index contributed by atoms with van der Waals surface area (Å²) >= 11 is 5.90. The van der Waals surface area contributed by atoms with Crippen LogP contribution >= 0.6 is 11.6 Å². The molecule has 0 atom stereocenters. The summed E-state index contributed by atoms with van der Waals surface area (Å²) in [5, 5.41) is 0.602. The second-order valence-corrected chi connectivity index (χ2v) is 5.04. The summed E-state index contributed by atoms with van der Waals surface area (Å²) in [5.74, 6) is 0.532. The molecular formula is C13H14ClN3O. The smallest absolute Gasteiger partial charge is 0.291 e. The molecule has 4 nitrogen and oxygen atoms in total.